The number of non-ortho nitro benzene ring substituents is 1. The predicted octanol–water partition coefficient (Wildman–Crippen LogP) is 4.30. The Labute approximate surface area is 206 Å². The summed E-state index contributed by atoms with van der Waals surface area (Å²) in [6.07, 6.45) is 3.63. The van der Waals surface area contributed by atoms with Crippen molar-refractivity contribution in [1.82, 2.24) is 4.90 Å². The largest absolute Gasteiger partial charge is 0.358 e. The van der Waals surface area contributed by atoms with E-state index in [-0.39, 0.29) is 17.2 Å². The molecule has 178 valence electrons. The number of aryl methyl sites for hydroxylation is 1. The third-order valence-corrected chi connectivity index (χ3v) is 7.36. The van der Waals surface area contributed by atoms with Crippen molar-refractivity contribution in [3.8, 4) is 0 Å². The highest BCUT2D eigenvalue weighted by molar-refractivity contribution is 6.24. The van der Waals surface area contributed by atoms with Crippen molar-refractivity contribution in [2.45, 2.75) is 19.0 Å². The minimum Gasteiger partial charge on any atom is -0.358 e. The quantitative estimate of drug-likeness (QED) is 0.239. The first kappa shape index (κ1) is 21.9. The van der Waals surface area contributed by atoms with Gasteiger partial charge in [-0.2, -0.15) is 0 Å². The number of amides is 2. The zero-order chi connectivity index (χ0) is 25.1. The smallest absolute Gasteiger partial charge is 0.270 e. The molecule has 0 unspecified atom stereocenters. The van der Waals surface area contributed by atoms with Crippen LogP contribution in [0.3, 0.4) is 0 Å². The second-order valence-electron chi connectivity index (χ2n) is 9.35. The van der Waals surface area contributed by atoms with Gasteiger partial charge in [-0.05, 0) is 36.3 Å². The number of fused-ring (bicyclic) bond motifs is 5. The number of carbonyl (C=O) groups is 3. The van der Waals surface area contributed by atoms with Gasteiger partial charge in [-0.15, -0.1) is 0 Å². The Morgan fingerprint density at radius 2 is 1.64 bits per heavy atom. The number of nitrogens with zero attached hydrogens (tertiary/aromatic N) is 3. The van der Waals surface area contributed by atoms with E-state index >= 15 is 0 Å². The van der Waals surface area contributed by atoms with Gasteiger partial charge in [0.15, 0.2) is 5.78 Å². The van der Waals surface area contributed by atoms with Gasteiger partial charge in [-0.3, -0.25) is 24.5 Å². The molecule has 0 bridgehead atoms. The molecule has 8 nitrogen and oxygen atoms in total. The first-order valence-electron chi connectivity index (χ1n) is 11.6. The van der Waals surface area contributed by atoms with Crippen molar-refractivity contribution >= 4 is 35.0 Å². The number of ketones is 1. The fourth-order valence-corrected chi connectivity index (χ4v) is 5.75. The number of rotatable bonds is 4. The Balaban J connectivity index is 1.49. The Kier molecular flexibility index (Phi) is 4.86. The van der Waals surface area contributed by atoms with Crippen molar-refractivity contribution in [3.05, 3.63) is 111 Å². The lowest BCUT2D eigenvalue weighted by atomic mass is 9.83. The summed E-state index contributed by atoms with van der Waals surface area (Å²) in [6.45, 7) is 1.92. The Morgan fingerprint density at radius 3 is 2.39 bits per heavy atom. The van der Waals surface area contributed by atoms with Gasteiger partial charge in [0, 0.05) is 23.9 Å². The number of anilines is 1. The Morgan fingerprint density at radius 1 is 0.917 bits per heavy atom. The third-order valence-electron chi connectivity index (χ3n) is 7.36. The van der Waals surface area contributed by atoms with Crippen LogP contribution in [0.4, 0.5) is 11.4 Å². The summed E-state index contributed by atoms with van der Waals surface area (Å²) in [7, 11) is 0. The molecular weight excluding hydrogens is 458 g/mol. The van der Waals surface area contributed by atoms with E-state index in [1.54, 1.807) is 23.2 Å². The van der Waals surface area contributed by atoms with Crippen LogP contribution in [0.15, 0.2) is 79.0 Å². The lowest BCUT2D eigenvalue weighted by Gasteiger charge is -2.35. The first-order chi connectivity index (χ1) is 17.4. The van der Waals surface area contributed by atoms with Crippen molar-refractivity contribution in [2.24, 2.45) is 11.8 Å². The summed E-state index contributed by atoms with van der Waals surface area (Å²) >= 11 is 0. The van der Waals surface area contributed by atoms with Crippen molar-refractivity contribution in [1.29, 1.82) is 0 Å². The zero-order valence-electron chi connectivity index (χ0n) is 19.3. The van der Waals surface area contributed by atoms with Crippen LogP contribution in [0.25, 0.3) is 6.08 Å². The highest BCUT2D eigenvalue weighted by Gasteiger charge is 2.64. The van der Waals surface area contributed by atoms with Gasteiger partial charge in [0.2, 0.25) is 11.8 Å². The van der Waals surface area contributed by atoms with E-state index in [1.807, 2.05) is 49.4 Å². The van der Waals surface area contributed by atoms with Gasteiger partial charge in [-0.1, -0.05) is 54.1 Å². The van der Waals surface area contributed by atoms with E-state index < -0.39 is 40.5 Å². The van der Waals surface area contributed by atoms with Crippen molar-refractivity contribution in [3.63, 3.8) is 0 Å². The average Bonchev–Trinajstić information content (AvgIpc) is 3.37. The molecule has 0 N–H and O–H groups in total. The Hall–Kier alpha value is -4.59. The van der Waals surface area contributed by atoms with E-state index in [2.05, 4.69) is 0 Å². The lowest BCUT2D eigenvalue weighted by Crippen LogP contribution is -2.44. The SMILES string of the molecule is Cc1ccc(N2C(=O)[C@@H]3[C@H](C2=O)[C@H]2c4ccccc4C=CN2[C@H]3C(=O)c2cccc([N+](=O)[O-])c2)cc1. The normalized spacial score (nSPS) is 23.9. The van der Waals surface area contributed by atoms with Gasteiger partial charge in [0.25, 0.3) is 5.69 Å². The average molecular weight is 479 g/mol. The molecule has 0 aliphatic carbocycles. The minimum atomic E-state index is -0.974. The summed E-state index contributed by atoms with van der Waals surface area (Å²) < 4.78 is 0. The third kappa shape index (κ3) is 3.11. The maximum Gasteiger partial charge on any atom is 0.270 e. The number of nitro benzene ring substituents is 1. The van der Waals surface area contributed by atoms with E-state index in [4.69, 9.17) is 0 Å². The van der Waals surface area contributed by atoms with Gasteiger partial charge in [0.1, 0.15) is 6.04 Å². The number of carbonyl (C=O) groups excluding carboxylic acids is 3. The van der Waals surface area contributed by atoms with Crippen molar-refractivity contribution < 1.29 is 19.3 Å². The molecule has 2 fully saturated rings. The maximum atomic E-state index is 13.9. The number of imide groups is 1. The van der Waals surface area contributed by atoms with E-state index in [1.165, 1.54) is 29.2 Å². The second kappa shape index (κ2) is 7.98. The van der Waals surface area contributed by atoms with Crippen LogP contribution < -0.4 is 4.90 Å². The molecule has 3 heterocycles. The maximum absolute atomic E-state index is 13.9. The second-order valence-corrected chi connectivity index (χ2v) is 9.35. The molecule has 3 aromatic rings. The van der Waals surface area contributed by atoms with Crippen LogP contribution >= 0.6 is 0 Å². The molecule has 0 aromatic heterocycles. The minimum absolute atomic E-state index is 0.134. The summed E-state index contributed by atoms with van der Waals surface area (Å²) in [5.41, 5.74) is 3.19. The molecule has 8 heteroatoms. The van der Waals surface area contributed by atoms with Crippen LogP contribution in [0.2, 0.25) is 0 Å². The number of nitro groups is 1. The molecule has 2 amide bonds. The molecule has 3 aliphatic heterocycles. The number of hydrogen-bond acceptors (Lipinski definition) is 6. The number of hydrogen-bond donors (Lipinski definition) is 0. The summed E-state index contributed by atoms with van der Waals surface area (Å²) in [5, 5.41) is 11.3. The fraction of sp³-hybridized carbons (Fsp3) is 0.179. The van der Waals surface area contributed by atoms with Crippen molar-refractivity contribution in [2.75, 3.05) is 4.90 Å². The molecule has 36 heavy (non-hydrogen) atoms. The van der Waals surface area contributed by atoms with Crippen LogP contribution in [0.1, 0.15) is 33.1 Å². The van der Waals surface area contributed by atoms with Gasteiger partial charge >= 0.3 is 0 Å². The summed E-state index contributed by atoms with van der Waals surface area (Å²) in [5.74, 6) is -2.89. The number of benzene rings is 3. The molecule has 0 spiro atoms. The first-order valence-corrected chi connectivity index (χ1v) is 11.6. The van der Waals surface area contributed by atoms with Crippen LogP contribution in [0, 0.1) is 28.9 Å². The molecule has 0 radical (unpaired) electrons. The lowest BCUT2D eigenvalue weighted by molar-refractivity contribution is -0.384. The molecule has 3 aromatic carbocycles. The molecule has 3 aliphatic rings. The highest BCUT2D eigenvalue weighted by Crippen LogP contribution is 2.53. The molecule has 6 rings (SSSR count). The van der Waals surface area contributed by atoms with Gasteiger partial charge in [-0.25, -0.2) is 4.90 Å². The Bertz CT molecular complexity index is 1480. The topological polar surface area (TPSA) is 101 Å². The monoisotopic (exact) mass is 479 g/mol. The van der Waals surface area contributed by atoms with E-state index in [0.29, 0.717) is 5.69 Å². The highest BCUT2D eigenvalue weighted by atomic mass is 16.6. The van der Waals surface area contributed by atoms with E-state index in [9.17, 15) is 24.5 Å². The van der Waals surface area contributed by atoms with Gasteiger partial charge < -0.3 is 4.90 Å². The molecule has 2 saturated heterocycles. The molecule has 4 atom stereocenters. The summed E-state index contributed by atoms with van der Waals surface area (Å²) in [4.78, 5) is 55.4. The standard InChI is InChI=1S/C28H21N3O5/c1-16-9-11-19(12-10-16)30-27(33)22-23(28(30)34)25(26(32)18-6-4-7-20(15-18)31(35)36)29-14-13-17-5-2-3-8-21(17)24(22)29/h2-15,22-25H,1H3/t22-,23+,24+,25+/m0/s1. The molecule has 0 saturated carbocycles. The zero-order valence-corrected chi connectivity index (χ0v) is 19.3. The van der Waals surface area contributed by atoms with Gasteiger partial charge in [0.05, 0.1) is 28.5 Å². The van der Waals surface area contributed by atoms with Crippen LogP contribution in [-0.4, -0.2) is 33.5 Å². The fourth-order valence-electron chi connectivity index (χ4n) is 5.75. The van der Waals surface area contributed by atoms with Crippen LogP contribution in [-0.2, 0) is 9.59 Å². The number of Topliss-reactive ketones (excluding diaryl/α,β-unsaturated/α-hetero) is 1. The summed E-state index contributed by atoms with van der Waals surface area (Å²) in [6, 6.07) is 18.8. The van der Waals surface area contributed by atoms with Crippen LogP contribution in [0.5, 0.6) is 0 Å². The predicted molar refractivity (Wildman–Crippen MR) is 132 cm³/mol. The van der Waals surface area contributed by atoms with E-state index in [0.717, 1.165) is 16.7 Å². The molecular formula is C28H21N3O5.